The van der Waals surface area contributed by atoms with Crippen molar-refractivity contribution in [3.05, 3.63) is 53.8 Å². The molecule has 20 heavy (non-hydrogen) atoms. The van der Waals surface area contributed by atoms with Crippen molar-refractivity contribution in [1.82, 2.24) is 0 Å². The first kappa shape index (κ1) is 14.1. The Morgan fingerprint density at radius 2 is 1.85 bits per heavy atom. The summed E-state index contributed by atoms with van der Waals surface area (Å²) in [4.78, 5) is 11.5. The lowest BCUT2D eigenvalue weighted by molar-refractivity contribution is 0.101. The Hall–Kier alpha value is -2.36. The minimum atomic E-state index is -0.587. The van der Waals surface area contributed by atoms with Crippen molar-refractivity contribution in [1.29, 1.82) is 0 Å². The number of halogens is 1. The van der Waals surface area contributed by atoms with E-state index in [1.54, 1.807) is 30.3 Å². The molecule has 0 amide bonds. The van der Waals surface area contributed by atoms with Crippen molar-refractivity contribution in [3.63, 3.8) is 0 Å². The van der Waals surface area contributed by atoms with E-state index in [1.165, 1.54) is 19.1 Å². The second-order valence-electron chi connectivity index (χ2n) is 4.18. The highest BCUT2D eigenvalue weighted by Gasteiger charge is 2.14. The van der Waals surface area contributed by atoms with Gasteiger partial charge in [0.25, 0.3) is 0 Å². The fourth-order valence-electron chi connectivity index (χ4n) is 1.85. The van der Waals surface area contributed by atoms with Crippen molar-refractivity contribution in [2.45, 2.75) is 13.8 Å². The summed E-state index contributed by atoms with van der Waals surface area (Å²) in [6.07, 6.45) is 0. The normalized spacial score (nSPS) is 10.2. The molecule has 0 radical (unpaired) electrons. The van der Waals surface area contributed by atoms with Crippen molar-refractivity contribution in [2.75, 3.05) is 6.61 Å². The molecule has 2 rings (SSSR count). The van der Waals surface area contributed by atoms with Gasteiger partial charge in [-0.25, -0.2) is 4.39 Å². The van der Waals surface area contributed by atoms with Gasteiger partial charge in [-0.1, -0.05) is 12.1 Å². The summed E-state index contributed by atoms with van der Waals surface area (Å²) in [7, 11) is 0. The zero-order chi connectivity index (χ0) is 14.5. The van der Waals surface area contributed by atoms with Gasteiger partial charge in [-0.3, -0.25) is 4.79 Å². The molecule has 0 bridgehead atoms. The fourth-order valence-corrected chi connectivity index (χ4v) is 1.85. The number of hydrogen-bond donors (Lipinski definition) is 0. The third-order valence-electron chi connectivity index (χ3n) is 2.67. The van der Waals surface area contributed by atoms with Crippen molar-refractivity contribution in [2.24, 2.45) is 0 Å². The van der Waals surface area contributed by atoms with Crippen LogP contribution in [0.3, 0.4) is 0 Å². The molecule has 4 heteroatoms. The predicted octanol–water partition coefficient (Wildman–Crippen LogP) is 4.22. The molecule has 0 N–H and O–H groups in total. The Morgan fingerprint density at radius 3 is 2.55 bits per heavy atom. The van der Waals surface area contributed by atoms with E-state index in [0.29, 0.717) is 18.1 Å². The third kappa shape index (κ3) is 3.15. The minimum absolute atomic E-state index is 0.0469. The number of carbonyl (C=O) groups is 1. The van der Waals surface area contributed by atoms with Crippen LogP contribution >= 0.6 is 0 Å². The van der Waals surface area contributed by atoms with Crippen LogP contribution in [-0.2, 0) is 0 Å². The molecule has 0 aromatic heterocycles. The van der Waals surface area contributed by atoms with Crippen LogP contribution in [-0.4, -0.2) is 12.4 Å². The zero-order valence-electron chi connectivity index (χ0n) is 11.4. The average Bonchev–Trinajstić information content (AvgIpc) is 2.39. The van der Waals surface area contributed by atoms with Gasteiger partial charge in [0.05, 0.1) is 12.2 Å². The van der Waals surface area contributed by atoms with Crippen LogP contribution in [0.5, 0.6) is 17.2 Å². The lowest BCUT2D eigenvalue weighted by atomic mass is 10.1. The quantitative estimate of drug-likeness (QED) is 0.766. The second kappa shape index (κ2) is 6.19. The summed E-state index contributed by atoms with van der Waals surface area (Å²) in [5, 5.41) is 0. The number of benzene rings is 2. The molecule has 3 nitrogen and oxygen atoms in total. The van der Waals surface area contributed by atoms with Gasteiger partial charge in [0.2, 0.25) is 0 Å². The monoisotopic (exact) mass is 274 g/mol. The van der Waals surface area contributed by atoms with Crippen LogP contribution in [0.25, 0.3) is 0 Å². The SMILES string of the molecule is CCOc1cccc(Oc2cccc(F)c2C(C)=O)c1. The van der Waals surface area contributed by atoms with Gasteiger partial charge in [0, 0.05) is 6.07 Å². The molecule has 0 saturated carbocycles. The van der Waals surface area contributed by atoms with Crippen LogP contribution in [0, 0.1) is 5.82 Å². The summed E-state index contributed by atoms with van der Waals surface area (Å²) in [6, 6.07) is 11.3. The maximum absolute atomic E-state index is 13.7. The van der Waals surface area contributed by atoms with Gasteiger partial charge in [-0.15, -0.1) is 0 Å². The molecule has 0 aliphatic rings. The average molecular weight is 274 g/mol. The standard InChI is InChI=1S/C16H15FO3/c1-3-19-12-6-4-7-13(10-12)20-15-9-5-8-14(17)16(15)11(2)18/h4-10H,3H2,1-2H3. The van der Waals surface area contributed by atoms with E-state index >= 15 is 0 Å². The molecule has 0 spiro atoms. The Labute approximate surface area is 117 Å². The maximum Gasteiger partial charge on any atom is 0.166 e. The molecule has 0 aliphatic heterocycles. The molecule has 0 unspecified atom stereocenters. The molecular formula is C16H15FO3. The largest absolute Gasteiger partial charge is 0.494 e. The summed E-state index contributed by atoms with van der Waals surface area (Å²) in [6.45, 7) is 3.73. The van der Waals surface area contributed by atoms with E-state index in [4.69, 9.17) is 9.47 Å². The van der Waals surface area contributed by atoms with E-state index in [1.807, 2.05) is 6.92 Å². The summed E-state index contributed by atoms with van der Waals surface area (Å²) < 4.78 is 24.6. The predicted molar refractivity (Wildman–Crippen MR) is 74.1 cm³/mol. The maximum atomic E-state index is 13.7. The molecule has 0 aliphatic carbocycles. The van der Waals surface area contributed by atoms with Crippen LogP contribution in [0.4, 0.5) is 4.39 Å². The van der Waals surface area contributed by atoms with Crippen LogP contribution in [0.15, 0.2) is 42.5 Å². The number of Topliss-reactive ketones (excluding diaryl/α,β-unsaturated/α-hetero) is 1. The minimum Gasteiger partial charge on any atom is -0.494 e. The third-order valence-corrected chi connectivity index (χ3v) is 2.67. The number of carbonyl (C=O) groups excluding carboxylic acids is 1. The van der Waals surface area contributed by atoms with Crippen molar-refractivity contribution < 1.29 is 18.7 Å². The topological polar surface area (TPSA) is 35.5 Å². The highest BCUT2D eigenvalue weighted by molar-refractivity contribution is 5.97. The van der Waals surface area contributed by atoms with E-state index in [0.717, 1.165) is 0 Å². The summed E-state index contributed by atoms with van der Waals surface area (Å²) in [5.41, 5.74) is -0.0469. The number of ether oxygens (including phenoxy) is 2. The molecule has 0 fully saturated rings. The molecule has 2 aromatic rings. The van der Waals surface area contributed by atoms with E-state index in [2.05, 4.69) is 0 Å². The molecule has 2 aromatic carbocycles. The molecular weight excluding hydrogens is 259 g/mol. The Balaban J connectivity index is 2.32. The van der Waals surface area contributed by atoms with Gasteiger partial charge < -0.3 is 9.47 Å². The summed E-state index contributed by atoms with van der Waals surface area (Å²) in [5.74, 6) is 0.385. The van der Waals surface area contributed by atoms with Gasteiger partial charge in [0.15, 0.2) is 5.78 Å². The Morgan fingerprint density at radius 1 is 1.15 bits per heavy atom. The lowest BCUT2D eigenvalue weighted by Crippen LogP contribution is -2.01. The van der Waals surface area contributed by atoms with Gasteiger partial charge in [0.1, 0.15) is 23.1 Å². The van der Waals surface area contributed by atoms with E-state index in [-0.39, 0.29) is 17.1 Å². The number of ketones is 1. The first-order valence-electron chi connectivity index (χ1n) is 6.32. The molecule has 0 atom stereocenters. The Kier molecular flexibility index (Phi) is 4.35. The van der Waals surface area contributed by atoms with E-state index in [9.17, 15) is 9.18 Å². The zero-order valence-corrected chi connectivity index (χ0v) is 11.4. The van der Waals surface area contributed by atoms with Crippen molar-refractivity contribution in [3.8, 4) is 17.2 Å². The lowest BCUT2D eigenvalue weighted by Gasteiger charge is -2.11. The van der Waals surface area contributed by atoms with Gasteiger partial charge in [-0.05, 0) is 38.1 Å². The molecule has 0 heterocycles. The number of hydrogen-bond acceptors (Lipinski definition) is 3. The van der Waals surface area contributed by atoms with Crippen LogP contribution in [0.1, 0.15) is 24.2 Å². The first-order chi connectivity index (χ1) is 9.61. The van der Waals surface area contributed by atoms with Crippen molar-refractivity contribution >= 4 is 5.78 Å². The summed E-state index contributed by atoms with van der Waals surface area (Å²) >= 11 is 0. The fraction of sp³-hybridized carbons (Fsp3) is 0.188. The van der Waals surface area contributed by atoms with Gasteiger partial charge >= 0.3 is 0 Å². The van der Waals surface area contributed by atoms with Gasteiger partial charge in [-0.2, -0.15) is 0 Å². The Bertz CT molecular complexity index is 623. The van der Waals surface area contributed by atoms with E-state index < -0.39 is 5.82 Å². The first-order valence-corrected chi connectivity index (χ1v) is 6.32. The van der Waals surface area contributed by atoms with Crippen LogP contribution in [0.2, 0.25) is 0 Å². The molecule has 104 valence electrons. The highest BCUT2D eigenvalue weighted by atomic mass is 19.1. The van der Waals surface area contributed by atoms with Crippen LogP contribution < -0.4 is 9.47 Å². The molecule has 0 saturated heterocycles. The number of rotatable bonds is 5. The second-order valence-corrected chi connectivity index (χ2v) is 4.18. The highest BCUT2D eigenvalue weighted by Crippen LogP contribution is 2.29. The smallest absolute Gasteiger partial charge is 0.166 e.